The van der Waals surface area contributed by atoms with E-state index in [4.69, 9.17) is 0 Å². The lowest BCUT2D eigenvalue weighted by Gasteiger charge is -2.15. The van der Waals surface area contributed by atoms with Gasteiger partial charge in [-0.05, 0) is 36.6 Å². The monoisotopic (exact) mass is 355 g/mol. The standard InChI is InChI=1S/C19H22FN5O/c20-15-3-4-17-16(8-15)13(10-24-17)2-1-5-23-19(26)14-9-21-11-18-22-6-7-25(18)12-14/h3-4,6-8,10,14,21,24H,1-2,5,9,11-12H2,(H,23,26). The molecule has 0 aliphatic carbocycles. The van der Waals surface area contributed by atoms with Crippen LogP contribution in [0.1, 0.15) is 17.8 Å². The van der Waals surface area contributed by atoms with Gasteiger partial charge in [0.05, 0.1) is 12.5 Å². The van der Waals surface area contributed by atoms with E-state index in [9.17, 15) is 9.18 Å². The van der Waals surface area contributed by atoms with Crippen LogP contribution in [0.2, 0.25) is 0 Å². The summed E-state index contributed by atoms with van der Waals surface area (Å²) >= 11 is 0. The Morgan fingerprint density at radius 3 is 3.27 bits per heavy atom. The van der Waals surface area contributed by atoms with Gasteiger partial charge in [0.25, 0.3) is 0 Å². The molecule has 0 saturated heterocycles. The fraction of sp³-hybridized carbons (Fsp3) is 0.368. The smallest absolute Gasteiger partial charge is 0.226 e. The number of fused-ring (bicyclic) bond motifs is 2. The number of aryl methyl sites for hydroxylation is 1. The minimum absolute atomic E-state index is 0.0593. The van der Waals surface area contributed by atoms with Crippen LogP contribution in [-0.2, 0) is 24.3 Å². The predicted octanol–water partition coefficient (Wildman–Crippen LogP) is 1.97. The molecule has 1 atom stereocenters. The van der Waals surface area contributed by atoms with Crippen LogP contribution in [0.3, 0.4) is 0 Å². The van der Waals surface area contributed by atoms with Crippen LogP contribution < -0.4 is 10.6 Å². The van der Waals surface area contributed by atoms with E-state index in [1.807, 2.05) is 17.0 Å². The third kappa shape index (κ3) is 3.48. The number of nitrogens with zero attached hydrogens (tertiary/aromatic N) is 2. The van der Waals surface area contributed by atoms with Crippen LogP contribution in [0.15, 0.2) is 36.8 Å². The van der Waals surface area contributed by atoms with Crippen molar-refractivity contribution < 1.29 is 9.18 Å². The number of H-pyrrole nitrogens is 1. The second kappa shape index (κ2) is 7.29. The molecule has 1 aromatic carbocycles. The first-order valence-electron chi connectivity index (χ1n) is 8.94. The van der Waals surface area contributed by atoms with E-state index in [0.29, 0.717) is 26.2 Å². The summed E-state index contributed by atoms with van der Waals surface area (Å²) in [5, 5.41) is 7.22. The summed E-state index contributed by atoms with van der Waals surface area (Å²) in [7, 11) is 0. The number of aromatic amines is 1. The summed E-state index contributed by atoms with van der Waals surface area (Å²) < 4.78 is 15.5. The molecular weight excluding hydrogens is 333 g/mol. The van der Waals surface area contributed by atoms with Crippen LogP contribution in [-0.4, -0.2) is 33.5 Å². The van der Waals surface area contributed by atoms with Crippen LogP contribution in [0, 0.1) is 11.7 Å². The number of nitrogens with one attached hydrogen (secondary N) is 3. The summed E-state index contributed by atoms with van der Waals surface area (Å²) in [6, 6.07) is 4.76. The first-order chi connectivity index (χ1) is 12.7. The average molecular weight is 355 g/mol. The Morgan fingerprint density at radius 2 is 2.35 bits per heavy atom. The Morgan fingerprint density at radius 1 is 1.42 bits per heavy atom. The molecule has 3 heterocycles. The molecule has 6 nitrogen and oxygen atoms in total. The van der Waals surface area contributed by atoms with Gasteiger partial charge in [0, 0.05) is 49.1 Å². The molecule has 4 rings (SSSR count). The molecule has 0 radical (unpaired) electrons. The maximum absolute atomic E-state index is 13.4. The van der Waals surface area contributed by atoms with Crippen molar-refractivity contribution in [1.82, 2.24) is 25.2 Å². The largest absolute Gasteiger partial charge is 0.361 e. The average Bonchev–Trinajstić information content (AvgIpc) is 3.19. The number of hydrogen-bond acceptors (Lipinski definition) is 3. The van der Waals surface area contributed by atoms with Gasteiger partial charge >= 0.3 is 0 Å². The van der Waals surface area contributed by atoms with E-state index >= 15 is 0 Å². The number of rotatable bonds is 5. The maximum atomic E-state index is 13.4. The van der Waals surface area contributed by atoms with Gasteiger partial charge in [-0.25, -0.2) is 9.37 Å². The number of imidazole rings is 1. The molecule has 2 aromatic heterocycles. The second-order valence-electron chi connectivity index (χ2n) is 6.72. The molecule has 0 spiro atoms. The summed E-state index contributed by atoms with van der Waals surface area (Å²) in [6.07, 6.45) is 7.20. The summed E-state index contributed by atoms with van der Waals surface area (Å²) in [5.74, 6) is 0.690. The van der Waals surface area contributed by atoms with Crippen molar-refractivity contribution in [2.45, 2.75) is 25.9 Å². The SMILES string of the molecule is O=C(NCCCc1c[nH]c2ccc(F)cc12)C1CNCc2nccn2C1. The molecule has 0 saturated carbocycles. The van der Waals surface area contributed by atoms with Crippen molar-refractivity contribution in [1.29, 1.82) is 0 Å². The molecule has 136 valence electrons. The third-order valence-corrected chi connectivity index (χ3v) is 4.92. The Bertz CT molecular complexity index is 916. The number of hydrogen-bond donors (Lipinski definition) is 3. The van der Waals surface area contributed by atoms with E-state index in [1.54, 1.807) is 18.3 Å². The van der Waals surface area contributed by atoms with Crippen LogP contribution in [0.5, 0.6) is 0 Å². The minimum atomic E-state index is -0.230. The van der Waals surface area contributed by atoms with E-state index in [-0.39, 0.29) is 17.6 Å². The molecule has 7 heteroatoms. The first-order valence-corrected chi connectivity index (χ1v) is 8.94. The van der Waals surface area contributed by atoms with E-state index < -0.39 is 0 Å². The topological polar surface area (TPSA) is 74.7 Å². The zero-order valence-electron chi connectivity index (χ0n) is 14.5. The Balaban J connectivity index is 1.29. The predicted molar refractivity (Wildman–Crippen MR) is 97.0 cm³/mol. The summed E-state index contributed by atoms with van der Waals surface area (Å²) in [5.41, 5.74) is 2.01. The molecule has 26 heavy (non-hydrogen) atoms. The number of carbonyl (C=O) groups is 1. The van der Waals surface area contributed by atoms with Crippen LogP contribution >= 0.6 is 0 Å². The quantitative estimate of drug-likeness (QED) is 0.613. The number of halogens is 1. The van der Waals surface area contributed by atoms with Gasteiger partial charge < -0.3 is 20.2 Å². The van der Waals surface area contributed by atoms with Gasteiger partial charge in [-0.2, -0.15) is 0 Å². The highest BCUT2D eigenvalue weighted by Crippen LogP contribution is 2.20. The fourth-order valence-corrected chi connectivity index (χ4v) is 3.50. The van der Waals surface area contributed by atoms with Crippen molar-refractivity contribution in [2.24, 2.45) is 5.92 Å². The lowest BCUT2D eigenvalue weighted by atomic mass is 10.1. The molecule has 3 aromatic rings. The van der Waals surface area contributed by atoms with E-state index in [2.05, 4.69) is 20.6 Å². The van der Waals surface area contributed by atoms with Gasteiger partial charge in [0.2, 0.25) is 5.91 Å². The Hall–Kier alpha value is -2.67. The molecule has 1 amide bonds. The molecular formula is C19H22FN5O. The lowest BCUT2D eigenvalue weighted by molar-refractivity contribution is -0.125. The Labute approximate surface area is 150 Å². The van der Waals surface area contributed by atoms with Crippen LogP contribution in [0.4, 0.5) is 4.39 Å². The normalized spacial score (nSPS) is 17.0. The highest BCUT2D eigenvalue weighted by atomic mass is 19.1. The van der Waals surface area contributed by atoms with Gasteiger partial charge in [-0.3, -0.25) is 4.79 Å². The number of carbonyl (C=O) groups excluding carboxylic acids is 1. The van der Waals surface area contributed by atoms with Gasteiger partial charge in [0.1, 0.15) is 11.6 Å². The second-order valence-corrected chi connectivity index (χ2v) is 6.72. The fourth-order valence-electron chi connectivity index (χ4n) is 3.50. The van der Waals surface area contributed by atoms with Gasteiger partial charge in [-0.1, -0.05) is 0 Å². The third-order valence-electron chi connectivity index (χ3n) is 4.92. The van der Waals surface area contributed by atoms with Crippen molar-refractivity contribution >= 4 is 16.8 Å². The zero-order chi connectivity index (χ0) is 17.9. The number of benzene rings is 1. The molecule has 1 unspecified atom stereocenters. The first kappa shape index (κ1) is 16.8. The van der Waals surface area contributed by atoms with Crippen molar-refractivity contribution in [3.05, 3.63) is 54.0 Å². The molecule has 1 aliphatic heterocycles. The number of aromatic nitrogens is 3. The zero-order valence-corrected chi connectivity index (χ0v) is 14.5. The highest BCUT2D eigenvalue weighted by molar-refractivity contribution is 5.83. The Kier molecular flexibility index (Phi) is 4.71. The van der Waals surface area contributed by atoms with E-state index in [1.165, 1.54) is 6.07 Å². The molecule has 1 aliphatic rings. The van der Waals surface area contributed by atoms with Crippen LogP contribution in [0.25, 0.3) is 10.9 Å². The minimum Gasteiger partial charge on any atom is -0.361 e. The van der Waals surface area contributed by atoms with Gasteiger partial charge in [0.15, 0.2) is 0 Å². The maximum Gasteiger partial charge on any atom is 0.226 e. The van der Waals surface area contributed by atoms with E-state index in [0.717, 1.165) is 35.1 Å². The summed E-state index contributed by atoms with van der Waals surface area (Å²) in [4.78, 5) is 19.9. The summed E-state index contributed by atoms with van der Waals surface area (Å²) in [6.45, 7) is 2.59. The molecule has 3 N–H and O–H groups in total. The van der Waals surface area contributed by atoms with Crippen molar-refractivity contribution in [3.8, 4) is 0 Å². The highest BCUT2D eigenvalue weighted by Gasteiger charge is 2.22. The van der Waals surface area contributed by atoms with Crippen molar-refractivity contribution in [2.75, 3.05) is 13.1 Å². The van der Waals surface area contributed by atoms with Crippen molar-refractivity contribution in [3.63, 3.8) is 0 Å². The van der Waals surface area contributed by atoms with Gasteiger partial charge in [-0.15, -0.1) is 0 Å². The molecule has 0 bridgehead atoms. The molecule has 0 fully saturated rings. The number of amides is 1. The lowest BCUT2D eigenvalue weighted by Crippen LogP contribution is -2.37.